The van der Waals surface area contributed by atoms with Crippen molar-refractivity contribution < 1.29 is 9.66 Å². The van der Waals surface area contributed by atoms with Crippen LogP contribution in [0.25, 0.3) is 0 Å². The molecule has 1 aromatic rings. The van der Waals surface area contributed by atoms with Gasteiger partial charge in [0.2, 0.25) is 0 Å². The molecule has 9 heteroatoms. The minimum Gasteiger partial charge on any atom is -0.385 e. The summed E-state index contributed by atoms with van der Waals surface area (Å²) in [4.78, 5) is 17.6. The zero-order chi connectivity index (χ0) is 19.5. The number of nitro benzene ring substituents is 1. The number of non-ortho nitro benzene ring substituents is 1. The normalized spacial score (nSPS) is 15.7. The average Bonchev–Trinajstić information content (AvgIpc) is 2.68. The molecule has 1 heterocycles. The van der Waals surface area contributed by atoms with Crippen molar-refractivity contribution in [3.8, 4) is 0 Å². The highest BCUT2D eigenvalue weighted by Crippen LogP contribution is 2.14. The van der Waals surface area contributed by atoms with E-state index in [9.17, 15) is 10.1 Å². The Bertz CT molecular complexity index is 621. The summed E-state index contributed by atoms with van der Waals surface area (Å²) in [5, 5.41) is 17.7. The van der Waals surface area contributed by atoms with E-state index in [1.165, 1.54) is 6.07 Å². The van der Waals surface area contributed by atoms with E-state index >= 15 is 0 Å². The molecule has 28 heavy (non-hydrogen) atoms. The first-order valence-corrected chi connectivity index (χ1v) is 9.61. The van der Waals surface area contributed by atoms with Gasteiger partial charge < -0.3 is 20.3 Å². The lowest BCUT2D eigenvalue weighted by Gasteiger charge is -2.33. The monoisotopic (exact) mass is 505 g/mol. The second-order valence-corrected chi connectivity index (χ2v) is 6.73. The predicted octanol–water partition coefficient (Wildman–Crippen LogP) is 2.77. The van der Waals surface area contributed by atoms with Crippen molar-refractivity contribution in [1.29, 1.82) is 0 Å². The minimum absolute atomic E-state index is 0. The Labute approximate surface area is 184 Å². The summed E-state index contributed by atoms with van der Waals surface area (Å²) in [5.74, 6) is 0.766. The molecule has 0 atom stereocenters. The number of rotatable bonds is 9. The first-order chi connectivity index (χ1) is 13.1. The van der Waals surface area contributed by atoms with Crippen LogP contribution in [0.1, 0.15) is 31.7 Å². The standard InChI is InChI=1S/C19H31N5O3.HI/c1-3-20-19(21-15-16-6-4-7-18(14-16)24(25)26)22-17-8-11-23(12-9-17)10-5-13-27-2;/h4,6-7,14,17H,3,5,8-13,15H2,1-2H3,(H2,20,21,22);1H. The van der Waals surface area contributed by atoms with Crippen molar-refractivity contribution >= 4 is 35.6 Å². The number of piperidine rings is 1. The van der Waals surface area contributed by atoms with Crippen molar-refractivity contribution in [1.82, 2.24) is 15.5 Å². The Morgan fingerprint density at radius 2 is 2.14 bits per heavy atom. The zero-order valence-electron chi connectivity index (χ0n) is 16.7. The summed E-state index contributed by atoms with van der Waals surface area (Å²) in [5.41, 5.74) is 0.927. The molecule has 0 aromatic heterocycles. The van der Waals surface area contributed by atoms with Gasteiger partial charge in [-0.05, 0) is 31.7 Å². The second kappa shape index (κ2) is 13.7. The first kappa shape index (κ1) is 24.6. The Kier molecular flexibility index (Phi) is 12.0. The highest BCUT2D eigenvalue weighted by molar-refractivity contribution is 14.0. The molecule has 1 saturated heterocycles. The van der Waals surface area contributed by atoms with E-state index in [1.807, 2.05) is 13.0 Å². The van der Waals surface area contributed by atoms with Crippen LogP contribution in [-0.4, -0.2) is 61.7 Å². The third-order valence-electron chi connectivity index (χ3n) is 4.64. The van der Waals surface area contributed by atoms with Crippen LogP contribution in [-0.2, 0) is 11.3 Å². The number of aliphatic imine (C=N–C) groups is 1. The summed E-state index contributed by atoms with van der Waals surface area (Å²) in [6.45, 7) is 7.26. The number of likely N-dealkylation sites (tertiary alicyclic amines) is 1. The number of methoxy groups -OCH3 is 1. The average molecular weight is 505 g/mol. The van der Waals surface area contributed by atoms with Gasteiger partial charge in [0.1, 0.15) is 0 Å². The van der Waals surface area contributed by atoms with Gasteiger partial charge in [0.05, 0.1) is 11.5 Å². The van der Waals surface area contributed by atoms with Gasteiger partial charge >= 0.3 is 0 Å². The lowest BCUT2D eigenvalue weighted by atomic mass is 10.1. The van der Waals surface area contributed by atoms with E-state index < -0.39 is 0 Å². The van der Waals surface area contributed by atoms with Crippen molar-refractivity contribution in [3.63, 3.8) is 0 Å². The van der Waals surface area contributed by atoms with Gasteiger partial charge in [-0.2, -0.15) is 0 Å². The molecule has 0 amide bonds. The summed E-state index contributed by atoms with van der Waals surface area (Å²) < 4.78 is 5.12. The SMILES string of the molecule is CCNC(=NCc1cccc([N+](=O)[O-])c1)NC1CCN(CCCOC)CC1.I. The van der Waals surface area contributed by atoms with Crippen LogP contribution in [0.3, 0.4) is 0 Å². The van der Waals surface area contributed by atoms with Crippen LogP contribution in [0.15, 0.2) is 29.3 Å². The molecule has 0 aliphatic carbocycles. The number of hydrogen-bond donors (Lipinski definition) is 2. The second-order valence-electron chi connectivity index (χ2n) is 6.73. The van der Waals surface area contributed by atoms with Crippen molar-refractivity contribution in [2.75, 3.05) is 39.9 Å². The molecule has 1 aliphatic rings. The maximum Gasteiger partial charge on any atom is 0.269 e. The summed E-state index contributed by atoms with van der Waals surface area (Å²) in [7, 11) is 1.74. The van der Waals surface area contributed by atoms with Crippen LogP contribution in [0.5, 0.6) is 0 Å². The Morgan fingerprint density at radius 1 is 1.39 bits per heavy atom. The van der Waals surface area contributed by atoms with Crippen LogP contribution >= 0.6 is 24.0 Å². The van der Waals surface area contributed by atoms with Gasteiger partial charge in [-0.3, -0.25) is 10.1 Å². The van der Waals surface area contributed by atoms with E-state index in [4.69, 9.17) is 4.74 Å². The molecule has 2 N–H and O–H groups in total. The minimum atomic E-state index is -0.378. The van der Waals surface area contributed by atoms with Crippen LogP contribution in [0.2, 0.25) is 0 Å². The number of nitrogens with one attached hydrogen (secondary N) is 2. The van der Waals surface area contributed by atoms with Crippen LogP contribution in [0.4, 0.5) is 5.69 Å². The third-order valence-corrected chi connectivity index (χ3v) is 4.64. The van der Waals surface area contributed by atoms with E-state index in [1.54, 1.807) is 19.2 Å². The largest absolute Gasteiger partial charge is 0.385 e. The lowest BCUT2D eigenvalue weighted by molar-refractivity contribution is -0.384. The molecular weight excluding hydrogens is 473 g/mol. The molecule has 1 aromatic carbocycles. The van der Waals surface area contributed by atoms with Crippen molar-refractivity contribution in [2.45, 2.75) is 38.8 Å². The van der Waals surface area contributed by atoms with Gasteiger partial charge in [0.25, 0.3) is 5.69 Å². The number of nitrogens with zero attached hydrogens (tertiary/aromatic N) is 3. The number of ether oxygens (including phenoxy) is 1. The third kappa shape index (κ3) is 8.70. The number of nitro groups is 1. The fraction of sp³-hybridized carbons (Fsp3) is 0.632. The number of halogens is 1. The first-order valence-electron chi connectivity index (χ1n) is 9.61. The van der Waals surface area contributed by atoms with E-state index in [0.717, 1.165) is 63.6 Å². The maximum atomic E-state index is 10.9. The Balaban J connectivity index is 0.00000392. The summed E-state index contributed by atoms with van der Waals surface area (Å²) >= 11 is 0. The number of guanidine groups is 1. The molecule has 0 saturated carbocycles. The molecular formula is C19H32IN5O3. The highest BCUT2D eigenvalue weighted by atomic mass is 127. The van der Waals surface area contributed by atoms with E-state index in [0.29, 0.717) is 12.6 Å². The molecule has 0 bridgehead atoms. The van der Waals surface area contributed by atoms with Crippen molar-refractivity contribution in [2.24, 2.45) is 4.99 Å². The van der Waals surface area contributed by atoms with Crippen LogP contribution in [0, 0.1) is 10.1 Å². The molecule has 0 unspecified atom stereocenters. The fourth-order valence-electron chi connectivity index (χ4n) is 3.19. The van der Waals surface area contributed by atoms with Gasteiger partial charge in [-0.1, -0.05) is 12.1 Å². The molecule has 0 radical (unpaired) electrons. The predicted molar refractivity (Wildman–Crippen MR) is 122 cm³/mol. The smallest absolute Gasteiger partial charge is 0.269 e. The zero-order valence-corrected chi connectivity index (χ0v) is 19.1. The fourth-order valence-corrected chi connectivity index (χ4v) is 3.19. The Hall–Kier alpha value is -1.46. The summed E-state index contributed by atoms with van der Waals surface area (Å²) in [6, 6.07) is 7.02. The van der Waals surface area contributed by atoms with Gasteiger partial charge in [-0.15, -0.1) is 24.0 Å². The number of benzene rings is 1. The van der Waals surface area contributed by atoms with Gasteiger partial charge in [0.15, 0.2) is 5.96 Å². The lowest BCUT2D eigenvalue weighted by Crippen LogP contribution is -2.48. The van der Waals surface area contributed by atoms with E-state index in [2.05, 4.69) is 20.5 Å². The quantitative estimate of drug-likeness (QED) is 0.134. The molecule has 1 fully saturated rings. The van der Waals surface area contributed by atoms with E-state index in [-0.39, 0.29) is 34.6 Å². The number of hydrogen-bond acceptors (Lipinski definition) is 5. The molecule has 8 nitrogen and oxygen atoms in total. The molecule has 0 spiro atoms. The van der Waals surface area contributed by atoms with Gasteiger partial charge in [0, 0.05) is 58.1 Å². The van der Waals surface area contributed by atoms with Gasteiger partial charge in [-0.25, -0.2) is 4.99 Å². The molecule has 158 valence electrons. The topological polar surface area (TPSA) is 92.0 Å². The van der Waals surface area contributed by atoms with Crippen LogP contribution < -0.4 is 10.6 Å². The molecule has 2 rings (SSSR count). The summed E-state index contributed by atoms with van der Waals surface area (Å²) in [6.07, 6.45) is 3.23. The maximum absolute atomic E-state index is 10.9. The Morgan fingerprint density at radius 3 is 2.79 bits per heavy atom. The van der Waals surface area contributed by atoms with Crippen molar-refractivity contribution in [3.05, 3.63) is 39.9 Å². The molecule has 1 aliphatic heterocycles. The highest BCUT2D eigenvalue weighted by Gasteiger charge is 2.19.